The first kappa shape index (κ1) is 22.5. The molecule has 0 atom stereocenters. The van der Waals surface area contributed by atoms with Crippen LogP contribution in [0.15, 0.2) is 65.7 Å². The Morgan fingerprint density at radius 1 is 1.06 bits per heavy atom. The van der Waals surface area contributed by atoms with Gasteiger partial charge < -0.3 is 10.0 Å². The number of aromatic carboxylic acids is 1. The van der Waals surface area contributed by atoms with E-state index < -0.39 is 5.97 Å². The summed E-state index contributed by atoms with van der Waals surface area (Å²) in [5.74, 6) is 1.10. The van der Waals surface area contributed by atoms with Crippen molar-refractivity contribution in [3.63, 3.8) is 0 Å². The SMILES string of the molecule is CCCc1nc2ccc(C3=NCCN3C3CC3)cc2n1-c1ccc(-c2ccccc2)c(C(=O)O)c1C. The van der Waals surface area contributed by atoms with Crippen molar-refractivity contribution in [1.82, 2.24) is 14.5 Å². The zero-order valence-corrected chi connectivity index (χ0v) is 20.7. The molecule has 2 heterocycles. The van der Waals surface area contributed by atoms with Crippen molar-refractivity contribution in [2.24, 2.45) is 4.99 Å². The normalized spacial score (nSPS) is 15.5. The number of hydrogen-bond acceptors (Lipinski definition) is 4. The van der Waals surface area contributed by atoms with Crippen molar-refractivity contribution in [3.8, 4) is 16.8 Å². The number of benzene rings is 3. The monoisotopic (exact) mass is 478 g/mol. The molecule has 0 saturated heterocycles. The third-order valence-corrected chi connectivity index (χ3v) is 7.29. The maximum Gasteiger partial charge on any atom is 0.336 e. The Hall–Kier alpha value is -3.93. The van der Waals surface area contributed by atoms with Gasteiger partial charge in [0.25, 0.3) is 0 Å². The molecule has 6 heteroatoms. The summed E-state index contributed by atoms with van der Waals surface area (Å²) in [5, 5.41) is 10.2. The maximum absolute atomic E-state index is 12.5. The van der Waals surface area contributed by atoms with Gasteiger partial charge in [-0.05, 0) is 67.1 Å². The number of amidine groups is 1. The fourth-order valence-corrected chi connectivity index (χ4v) is 5.46. The number of rotatable bonds is 7. The van der Waals surface area contributed by atoms with Gasteiger partial charge in [0.05, 0.1) is 28.8 Å². The van der Waals surface area contributed by atoms with Gasteiger partial charge in [-0.25, -0.2) is 9.78 Å². The maximum atomic E-state index is 12.5. The lowest BCUT2D eigenvalue weighted by Gasteiger charge is -2.20. The van der Waals surface area contributed by atoms with Gasteiger partial charge in [0.15, 0.2) is 0 Å². The van der Waals surface area contributed by atoms with Gasteiger partial charge in [0, 0.05) is 24.6 Å². The highest BCUT2D eigenvalue weighted by Gasteiger charge is 2.34. The quantitative estimate of drug-likeness (QED) is 0.360. The first-order valence-electron chi connectivity index (χ1n) is 12.8. The van der Waals surface area contributed by atoms with Crippen molar-refractivity contribution in [3.05, 3.63) is 83.2 Å². The number of nitrogens with zero attached hydrogens (tertiary/aromatic N) is 4. The Balaban J connectivity index is 1.54. The van der Waals surface area contributed by atoms with Crippen LogP contribution in [0.2, 0.25) is 0 Å². The third-order valence-electron chi connectivity index (χ3n) is 7.29. The van der Waals surface area contributed by atoms with Gasteiger partial charge in [0.1, 0.15) is 11.7 Å². The highest BCUT2D eigenvalue weighted by Crippen LogP contribution is 2.34. The lowest BCUT2D eigenvalue weighted by atomic mass is 9.94. The van der Waals surface area contributed by atoms with Crippen molar-refractivity contribution in [1.29, 1.82) is 0 Å². The van der Waals surface area contributed by atoms with Crippen molar-refractivity contribution >= 4 is 22.8 Å². The molecule has 4 aromatic rings. The van der Waals surface area contributed by atoms with Crippen molar-refractivity contribution in [2.75, 3.05) is 13.1 Å². The molecule has 2 aliphatic rings. The Kier molecular flexibility index (Phi) is 5.59. The number of carboxylic acids is 1. The van der Waals surface area contributed by atoms with E-state index in [0.717, 1.165) is 76.6 Å². The summed E-state index contributed by atoms with van der Waals surface area (Å²) in [4.78, 5) is 24.7. The molecule has 1 aromatic heterocycles. The first-order valence-corrected chi connectivity index (χ1v) is 12.8. The summed E-state index contributed by atoms with van der Waals surface area (Å²) in [6, 6.07) is 20.7. The van der Waals surface area contributed by atoms with Gasteiger partial charge in [-0.2, -0.15) is 0 Å². The van der Waals surface area contributed by atoms with Crippen LogP contribution in [0, 0.1) is 6.92 Å². The summed E-state index contributed by atoms with van der Waals surface area (Å²) >= 11 is 0. The molecule has 182 valence electrons. The molecule has 0 spiro atoms. The average Bonchev–Trinajstić information content (AvgIpc) is 3.50. The molecule has 1 aliphatic heterocycles. The predicted molar refractivity (Wildman–Crippen MR) is 143 cm³/mol. The van der Waals surface area contributed by atoms with E-state index in [1.165, 1.54) is 12.8 Å². The second-order valence-electron chi connectivity index (χ2n) is 9.75. The van der Waals surface area contributed by atoms with Crippen LogP contribution in [0.4, 0.5) is 0 Å². The summed E-state index contributed by atoms with van der Waals surface area (Å²) < 4.78 is 2.16. The van der Waals surface area contributed by atoms with Crippen LogP contribution in [0.5, 0.6) is 0 Å². The second kappa shape index (κ2) is 8.94. The zero-order chi connectivity index (χ0) is 24.8. The molecule has 1 N–H and O–H groups in total. The molecular weight excluding hydrogens is 448 g/mol. The Morgan fingerprint density at radius 2 is 1.86 bits per heavy atom. The van der Waals surface area contributed by atoms with E-state index in [1.807, 2.05) is 49.4 Å². The van der Waals surface area contributed by atoms with Crippen molar-refractivity contribution < 1.29 is 9.90 Å². The van der Waals surface area contributed by atoms with Crippen molar-refractivity contribution in [2.45, 2.75) is 45.6 Å². The second-order valence-corrected chi connectivity index (χ2v) is 9.75. The van der Waals surface area contributed by atoms with Crippen LogP contribution in [0.25, 0.3) is 27.8 Å². The number of aromatic nitrogens is 2. The minimum absolute atomic E-state index is 0.333. The van der Waals surface area contributed by atoms with Gasteiger partial charge in [-0.15, -0.1) is 0 Å². The molecule has 1 fully saturated rings. The predicted octanol–water partition coefficient (Wildman–Crippen LogP) is 5.88. The van der Waals surface area contributed by atoms with E-state index >= 15 is 0 Å². The van der Waals surface area contributed by atoms with Crippen LogP contribution in [0.3, 0.4) is 0 Å². The van der Waals surface area contributed by atoms with E-state index in [9.17, 15) is 9.90 Å². The molecular formula is C30H30N4O2. The van der Waals surface area contributed by atoms with Crippen LogP contribution in [0.1, 0.15) is 53.5 Å². The minimum Gasteiger partial charge on any atom is -0.478 e. The number of carbonyl (C=O) groups is 1. The number of imidazole rings is 1. The summed E-state index contributed by atoms with van der Waals surface area (Å²) in [7, 11) is 0. The highest BCUT2D eigenvalue weighted by molar-refractivity contribution is 6.03. The standard InChI is InChI=1S/C30H30N4O2/c1-3-7-27-32-24-14-10-21(29-31-16-17-33(29)22-11-12-22)18-26(24)34(27)25-15-13-23(20-8-5-4-6-9-20)28(19(25)2)30(35)36/h4-6,8-10,13-15,18,22H,3,7,11-12,16-17H2,1-2H3,(H,35,36). The van der Waals surface area contributed by atoms with Gasteiger partial charge >= 0.3 is 5.97 Å². The fourth-order valence-electron chi connectivity index (χ4n) is 5.46. The van der Waals surface area contributed by atoms with Crippen LogP contribution >= 0.6 is 0 Å². The third kappa shape index (κ3) is 3.77. The Morgan fingerprint density at radius 3 is 2.58 bits per heavy atom. The lowest BCUT2D eigenvalue weighted by molar-refractivity contribution is 0.0697. The van der Waals surface area contributed by atoms with E-state index in [4.69, 9.17) is 9.98 Å². The van der Waals surface area contributed by atoms with Gasteiger partial charge in [-0.1, -0.05) is 43.3 Å². The minimum atomic E-state index is -0.921. The molecule has 0 radical (unpaired) electrons. The first-order chi connectivity index (χ1) is 17.6. The Bertz CT molecular complexity index is 1500. The summed E-state index contributed by atoms with van der Waals surface area (Å²) in [5.41, 5.74) is 6.58. The average molecular weight is 479 g/mol. The summed E-state index contributed by atoms with van der Waals surface area (Å²) in [6.45, 7) is 5.88. The molecule has 6 rings (SSSR count). The van der Waals surface area contributed by atoms with E-state index in [2.05, 4.69) is 34.6 Å². The lowest BCUT2D eigenvalue weighted by Crippen LogP contribution is -2.30. The number of fused-ring (bicyclic) bond motifs is 1. The molecule has 0 unspecified atom stereocenters. The number of carboxylic acid groups (broad SMARTS) is 1. The zero-order valence-electron chi connectivity index (χ0n) is 20.7. The molecule has 1 aliphatic carbocycles. The number of aryl methyl sites for hydroxylation is 1. The van der Waals surface area contributed by atoms with Crippen LogP contribution in [-0.4, -0.2) is 50.5 Å². The topological polar surface area (TPSA) is 70.7 Å². The molecule has 0 bridgehead atoms. The number of hydrogen-bond donors (Lipinski definition) is 1. The molecule has 36 heavy (non-hydrogen) atoms. The molecule has 1 saturated carbocycles. The van der Waals surface area contributed by atoms with E-state index in [1.54, 1.807) is 0 Å². The van der Waals surface area contributed by atoms with Crippen LogP contribution < -0.4 is 0 Å². The molecule has 3 aromatic carbocycles. The van der Waals surface area contributed by atoms with E-state index in [-0.39, 0.29) is 0 Å². The van der Waals surface area contributed by atoms with Gasteiger partial charge in [-0.3, -0.25) is 9.56 Å². The van der Waals surface area contributed by atoms with Crippen LogP contribution in [-0.2, 0) is 6.42 Å². The Labute approximate surface area is 210 Å². The largest absolute Gasteiger partial charge is 0.478 e. The molecule has 6 nitrogen and oxygen atoms in total. The molecule has 0 amide bonds. The smallest absolute Gasteiger partial charge is 0.336 e. The number of aliphatic imine (C=N–C) groups is 1. The van der Waals surface area contributed by atoms with E-state index in [0.29, 0.717) is 11.6 Å². The highest BCUT2D eigenvalue weighted by atomic mass is 16.4. The fraction of sp³-hybridized carbons (Fsp3) is 0.300. The van der Waals surface area contributed by atoms with Gasteiger partial charge in [0.2, 0.25) is 0 Å². The summed E-state index contributed by atoms with van der Waals surface area (Å²) in [6.07, 6.45) is 4.24.